The van der Waals surface area contributed by atoms with E-state index in [1.54, 1.807) is 23.5 Å². The fraction of sp³-hybridized carbons (Fsp3) is 0.261. The molecular formula is C23H22N2O4. The quantitative estimate of drug-likeness (QED) is 0.634. The normalized spacial score (nSPS) is 13.3. The molecule has 0 aliphatic carbocycles. The van der Waals surface area contributed by atoms with Gasteiger partial charge in [-0.3, -0.25) is 9.20 Å². The van der Waals surface area contributed by atoms with E-state index in [0.29, 0.717) is 23.3 Å². The Kier molecular flexibility index (Phi) is 4.30. The van der Waals surface area contributed by atoms with Gasteiger partial charge in [0.15, 0.2) is 0 Å². The van der Waals surface area contributed by atoms with Crippen molar-refractivity contribution >= 4 is 23.0 Å². The lowest BCUT2D eigenvalue weighted by molar-refractivity contribution is 0.0600. The van der Waals surface area contributed by atoms with Gasteiger partial charge in [-0.25, -0.2) is 14.2 Å². The summed E-state index contributed by atoms with van der Waals surface area (Å²) < 4.78 is 7.63. The van der Waals surface area contributed by atoms with E-state index in [9.17, 15) is 14.4 Å². The third kappa shape index (κ3) is 2.52. The molecule has 6 heteroatoms. The Morgan fingerprint density at radius 1 is 1.07 bits per heavy atom. The summed E-state index contributed by atoms with van der Waals surface area (Å²) in [6.07, 6.45) is 0.688. The topological polar surface area (TPSA) is 69.8 Å². The summed E-state index contributed by atoms with van der Waals surface area (Å²) in [5.41, 5.74) is 6.68. The molecule has 2 aromatic heterocycles. The zero-order chi connectivity index (χ0) is 21.0. The van der Waals surface area contributed by atoms with Gasteiger partial charge in [0.2, 0.25) is 0 Å². The number of esters is 1. The van der Waals surface area contributed by atoms with Crippen molar-refractivity contribution in [2.24, 2.45) is 0 Å². The van der Waals surface area contributed by atoms with Crippen LogP contribution in [0.15, 0.2) is 40.7 Å². The molecule has 148 valence electrons. The van der Waals surface area contributed by atoms with E-state index in [2.05, 4.69) is 0 Å². The van der Waals surface area contributed by atoms with E-state index in [1.165, 1.54) is 11.7 Å². The predicted molar refractivity (Wildman–Crippen MR) is 111 cm³/mol. The summed E-state index contributed by atoms with van der Waals surface area (Å²) in [5.74, 6) is -0.645. The third-order valence-corrected chi connectivity index (χ3v) is 5.83. The number of carbonyl (C=O) groups excluding carboxylic acids is 2. The highest BCUT2D eigenvalue weighted by Crippen LogP contribution is 2.35. The number of carbonyl (C=O) groups is 2. The Morgan fingerprint density at radius 2 is 1.72 bits per heavy atom. The summed E-state index contributed by atoms with van der Waals surface area (Å²) in [4.78, 5) is 37.6. The molecule has 3 aromatic rings. The maximum atomic E-state index is 13.3. The highest BCUT2D eigenvalue weighted by Gasteiger charge is 2.29. The Balaban J connectivity index is 1.98. The van der Waals surface area contributed by atoms with E-state index in [-0.39, 0.29) is 11.6 Å². The van der Waals surface area contributed by atoms with Crippen LogP contribution in [0.3, 0.4) is 0 Å². The van der Waals surface area contributed by atoms with E-state index >= 15 is 0 Å². The summed E-state index contributed by atoms with van der Waals surface area (Å²) in [7, 11) is 1.35. The number of hydrogen-bond acceptors (Lipinski definition) is 4. The smallest absolute Gasteiger partial charge is 0.340 e. The van der Waals surface area contributed by atoms with Crippen LogP contribution < -0.4 is 5.69 Å². The van der Waals surface area contributed by atoms with Gasteiger partial charge in [0, 0.05) is 16.8 Å². The molecular weight excluding hydrogens is 368 g/mol. The Bertz CT molecular complexity index is 1290. The van der Waals surface area contributed by atoms with Crippen molar-refractivity contribution in [1.82, 2.24) is 8.97 Å². The second-order valence-electron chi connectivity index (χ2n) is 7.28. The third-order valence-electron chi connectivity index (χ3n) is 5.83. The SMILES string of the molecule is CCC1=C(C)C(=O)n2c1cc1c(C)c(-c3ccc(C(=O)OC)cc3)c(C)n1c2=O. The van der Waals surface area contributed by atoms with Gasteiger partial charge in [0.25, 0.3) is 5.91 Å². The minimum absolute atomic E-state index is 0.251. The van der Waals surface area contributed by atoms with Crippen LogP contribution in [0.1, 0.15) is 52.4 Å². The first-order chi connectivity index (χ1) is 13.8. The first-order valence-electron chi connectivity index (χ1n) is 9.53. The fourth-order valence-corrected chi connectivity index (χ4v) is 4.35. The number of benzene rings is 1. The minimum atomic E-state index is -0.394. The minimum Gasteiger partial charge on any atom is -0.465 e. The van der Waals surface area contributed by atoms with E-state index in [4.69, 9.17) is 4.74 Å². The van der Waals surface area contributed by atoms with Crippen molar-refractivity contribution in [1.29, 1.82) is 0 Å². The molecule has 0 unspecified atom stereocenters. The Hall–Kier alpha value is -3.41. The molecule has 0 radical (unpaired) electrons. The van der Waals surface area contributed by atoms with Crippen molar-refractivity contribution in [3.63, 3.8) is 0 Å². The number of hydrogen-bond donors (Lipinski definition) is 0. The number of rotatable bonds is 3. The van der Waals surface area contributed by atoms with Crippen molar-refractivity contribution in [2.75, 3.05) is 7.11 Å². The second kappa shape index (κ2) is 6.58. The predicted octanol–water partition coefficient (Wildman–Crippen LogP) is 4.01. The van der Waals surface area contributed by atoms with Gasteiger partial charge in [-0.15, -0.1) is 0 Å². The summed E-state index contributed by atoms with van der Waals surface area (Å²) >= 11 is 0. The van der Waals surface area contributed by atoms with Gasteiger partial charge >= 0.3 is 11.7 Å². The van der Waals surface area contributed by atoms with Crippen LogP contribution in [0.2, 0.25) is 0 Å². The molecule has 3 heterocycles. The maximum absolute atomic E-state index is 13.3. The summed E-state index contributed by atoms with van der Waals surface area (Å²) in [6.45, 7) is 7.61. The van der Waals surface area contributed by atoms with Crippen molar-refractivity contribution in [2.45, 2.75) is 34.1 Å². The fourth-order valence-electron chi connectivity index (χ4n) is 4.35. The molecule has 6 nitrogen and oxygen atoms in total. The number of aryl methyl sites for hydroxylation is 2. The first kappa shape index (κ1) is 18.9. The van der Waals surface area contributed by atoms with Crippen molar-refractivity contribution in [3.8, 4) is 11.1 Å². The molecule has 0 amide bonds. The lowest BCUT2D eigenvalue weighted by Crippen LogP contribution is -2.31. The molecule has 1 aliphatic heterocycles. The van der Waals surface area contributed by atoms with Crippen LogP contribution in [-0.2, 0) is 4.74 Å². The lowest BCUT2D eigenvalue weighted by atomic mass is 10.00. The largest absolute Gasteiger partial charge is 0.465 e. The van der Waals surface area contributed by atoms with Crippen LogP contribution >= 0.6 is 0 Å². The van der Waals surface area contributed by atoms with Crippen LogP contribution in [-0.4, -0.2) is 28.0 Å². The molecule has 0 saturated heterocycles. The monoisotopic (exact) mass is 390 g/mol. The van der Waals surface area contributed by atoms with Gasteiger partial charge in [-0.1, -0.05) is 19.1 Å². The standard InChI is InChI=1S/C23H22N2O4/c1-6-17-12(2)21(26)25-19(17)11-18-13(3)20(14(4)24(18)23(25)28)15-7-9-16(10-8-15)22(27)29-5/h7-11H,6H2,1-5H3. The Labute approximate surface area is 168 Å². The molecule has 0 atom stereocenters. The van der Waals surface area contributed by atoms with Crippen molar-refractivity contribution in [3.05, 3.63) is 68.9 Å². The van der Waals surface area contributed by atoms with Crippen LogP contribution in [0, 0.1) is 13.8 Å². The second-order valence-corrected chi connectivity index (χ2v) is 7.28. The Morgan fingerprint density at radius 3 is 2.31 bits per heavy atom. The van der Waals surface area contributed by atoms with Gasteiger partial charge in [0.1, 0.15) is 0 Å². The van der Waals surface area contributed by atoms with Gasteiger partial charge in [0.05, 0.1) is 23.9 Å². The van der Waals surface area contributed by atoms with E-state index in [1.807, 2.05) is 39.0 Å². The maximum Gasteiger partial charge on any atom is 0.340 e. The van der Waals surface area contributed by atoms with Gasteiger partial charge < -0.3 is 4.74 Å². The molecule has 0 saturated carbocycles. The molecule has 0 N–H and O–H groups in total. The molecule has 4 rings (SSSR count). The number of aromatic nitrogens is 2. The summed E-state index contributed by atoms with van der Waals surface area (Å²) in [6, 6.07) is 9.04. The first-order valence-corrected chi connectivity index (χ1v) is 9.53. The zero-order valence-electron chi connectivity index (χ0n) is 17.1. The molecule has 1 aromatic carbocycles. The zero-order valence-corrected chi connectivity index (χ0v) is 17.1. The van der Waals surface area contributed by atoms with Crippen molar-refractivity contribution < 1.29 is 14.3 Å². The highest BCUT2D eigenvalue weighted by molar-refractivity contribution is 6.08. The van der Waals surface area contributed by atoms with Gasteiger partial charge in [-0.05, 0) is 62.1 Å². The van der Waals surface area contributed by atoms with Crippen LogP contribution in [0.25, 0.3) is 22.2 Å². The van der Waals surface area contributed by atoms with Crippen LogP contribution in [0.4, 0.5) is 0 Å². The number of ether oxygens (including phenoxy) is 1. The lowest BCUT2D eigenvalue weighted by Gasteiger charge is -2.07. The number of nitrogens with zero attached hydrogens (tertiary/aromatic N) is 2. The van der Waals surface area contributed by atoms with E-state index < -0.39 is 5.97 Å². The average molecular weight is 390 g/mol. The summed E-state index contributed by atoms with van der Waals surface area (Å²) in [5, 5.41) is 0. The van der Waals surface area contributed by atoms with Gasteiger partial charge in [-0.2, -0.15) is 0 Å². The number of methoxy groups -OCH3 is 1. The number of fused-ring (bicyclic) bond motifs is 2. The average Bonchev–Trinajstić information content (AvgIpc) is 3.12. The molecule has 0 bridgehead atoms. The molecule has 0 spiro atoms. The van der Waals surface area contributed by atoms with E-state index in [0.717, 1.165) is 33.5 Å². The molecule has 29 heavy (non-hydrogen) atoms. The molecule has 1 aliphatic rings. The number of allylic oxidation sites excluding steroid dienone is 2. The highest BCUT2D eigenvalue weighted by atomic mass is 16.5. The molecule has 0 fully saturated rings. The van der Waals surface area contributed by atoms with Crippen LogP contribution in [0.5, 0.6) is 0 Å².